The summed E-state index contributed by atoms with van der Waals surface area (Å²) in [4.78, 5) is 17.2. The highest BCUT2D eigenvalue weighted by molar-refractivity contribution is 5.55. The largest absolute Gasteiger partial charge is 0.473 e. The number of likely N-dealkylation sites (tertiary alicyclic amines) is 1. The number of benzene rings is 1. The fourth-order valence-electron chi connectivity index (χ4n) is 4.10. The number of hydrogen-bond donors (Lipinski definition) is 4. The Balaban J connectivity index is 1.30. The lowest BCUT2D eigenvalue weighted by Gasteiger charge is -2.15. The second kappa shape index (κ2) is 10.3. The molecule has 2 aliphatic rings. The van der Waals surface area contributed by atoms with Crippen LogP contribution in [0.2, 0.25) is 0 Å². The van der Waals surface area contributed by atoms with Crippen molar-refractivity contribution in [3.63, 3.8) is 0 Å². The van der Waals surface area contributed by atoms with Gasteiger partial charge in [0.25, 0.3) is 0 Å². The summed E-state index contributed by atoms with van der Waals surface area (Å²) in [5.74, 6) is 3.39. The molecule has 0 aliphatic carbocycles. The predicted molar refractivity (Wildman–Crippen MR) is 134 cm³/mol. The smallest absolute Gasteiger partial charge is 0.228 e. The average Bonchev–Trinajstić information content (AvgIpc) is 3.60. The molecule has 1 aromatic carbocycles. The van der Waals surface area contributed by atoms with Crippen LogP contribution in [0.25, 0.3) is 0 Å². The molecule has 5 rings (SSSR count). The van der Waals surface area contributed by atoms with Crippen molar-refractivity contribution in [2.45, 2.75) is 38.3 Å². The third kappa shape index (κ3) is 5.90. The first-order valence-electron chi connectivity index (χ1n) is 12.0. The van der Waals surface area contributed by atoms with E-state index in [-0.39, 0.29) is 12.1 Å². The van der Waals surface area contributed by atoms with Gasteiger partial charge < -0.3 is 25.1 Å². The van der Waals surface area contributed by atoms with E-state index in [4.69, 9.17) is 9.57 Å². The van der Waals surface area contributed by atoms with Crippen LogP contribution >= 0.6 is 0 Å². The van der Waals surface area contributed by atoms with Gasteiger partial charge in [-0.25, -0.2) is 0 Å². The van der Waals surface area contributed by atoms with E-state index in [1.807, 2.05) is 36.4 Å². The van der Waals surface area contributed by atoms with Gasteiger partial charge >= 0.3 is 0 Å². The molecular formula is C25H32N8O2. The van der Waals surface area contributed by atoms with Gasteiger partial charge in [-0.3, -0.25) is 5.10 Å². The van der Waals surface area contributed by atoms with E-state index in [2.05, 4.69) is 74.2 Å². The van der Waals surface area contributed by atoms with Crippen LogP contribution in [-0.2, 0) is 4.84 Å². The Hall–Kier alpha value is -3.63. The highest BCUT2D eigenvalue weighted by atomic mass is 16.7. The summed E-state index contributed by atoms with van der Waals surface area (Å²) in [6.07, 6.45) is 3.12. The number of likely N-dealkylation sites (N-methyl/N-ethyl adjacent to an activating group) is 1. The molecule has 3 aromatic rings. The molecule has 10 heteroatoms. The highest BCUT2D eigenvalue weighted by Crippen LogP contribution is 2.25. The van der Waals surface area contributed by atoms with Crippen LogP contribution in [0.5, 0.6) is 5.88 Å². The van der Waals surface area contributed by atoms with E-state index in [9.17, 15) is 0 Å². The molecule has 4 N–H and O–H groups in total. The summed E-state index contributed by atoms with van der Waals surface area (Å²) in [7, 11) is 2.10. The Morgan fingerprint density at radius 3 is 2.77 bits per heavy atom. The number of hydrogen-bond acceptors (Lipinski definition) is 9. The molecule has 0 saturated carbocycles. The van der Waals surface area contributed by atoms with E-state index >= 15 is 0 Å². The molecule has 4 heterocycles. The molecule has 0 bridgehead atoms. The number of nitrogens with one attached hydrogen (secondary N) is 4. The maximum absolute atomic E-state index is 6.20. The molecule has 1 fully saturated rings. The number of aromatic nitrogens is 4. The minimum Gasteiger partial charge on any atom is -0.473 e. The fraction of sp³-hybridized carbons (Fsp3) is 0.400. The van der Waals surface area contributed by atoms with Crippen molar-refractivity contribution in [1.82, 2.24) is 30.5 Å². The van der Waals surface area contributed by atoms with Gasteiger partial charge in [0.15, 0.2) is 5.82 Å². The first-order valence-corrected chi connectivity index (χ1v) is 12.0. The molecule has 2 unspecified atom stereocenters. The van der Waals surface area contributed by atoms with Gasteiger partial charge in [0.1, 0.15) is 17.7 Å². The number of rotatable bonds is 9. The number of H-pyrrole nitrogens is 1. The van der Waals surface area contributed by atoms with Gasteiger partial charge in [-0.1, -0.05) is 44.2 Å². The van der Waals surface area contributed by atoms with Crippen LogP contribution in [0.3, 0.4) is 0 Å². The number of aromatic amines is 1. The third-order valence-corrected chi connectivity index (χ3v) is 6.06. The summed E-state index contributed by atoms with van der Waals surface area (Å²) >= 11 is 0. The molecule has 184 valence electrons. The molecule has 1 saturated heterocycles. The van der Waals surface area contributed by atoms with Gasteiger partial charge in [-0.2, -0.15) is 15.1 Å². The lowest BCUT2D eigenvalue weighted by atomic mass is 10.1. The fourth-order valence-corrected chi connectivity index (χ4v) is 4.10. The summed E-state index contributed by atoms with van der Waals surface area (Å²) in [6, 6.07) is 14.0. The number of hydroxylamine groups is 1. The topological polar surface area (TPSA) is 112 Å². The molecule has 0 spiro atoms. The molecular weight excluding hydrogens is 444 g/mol. The van der Waals surface area contributed by atoms with Crippen molar-refractivity contribution >= 4 is 17.6 Å². The Bertz CT molecular complexity index is 1160. The first kappa shape index (κ1) is 23.1. The summed E-state index contributed by atoms with van der Waals surface area (Å²) < 4.78 is 6.20. The second-order valence-corrected chi connectivity index (χ2v) is 9.29. The van der Waals surface area contributed by atoms with Crippen molar-refractivity contribution in [1.29, 1.82) is 0 Å². The van der Waals surface area contributed by atoms with E-state index in [1.165, 1.54) is 0 Å². The summed E-state index contributed by atoms with van der Waals surface area (Å²) in [5.41, 5.74) is 5.24. The Labute approximate surface area is 205 Å². The number of nitrogens with zero attached hydrogens (tertiary/aromatic N) is 4. The predicted octanol–water partition coefficient (Wildman–Crippen LogP) is 3.72. The maximum atomic E-state index is 6.20. The van der Waals surface area contributed by atoms with Crippen molar-refractivity contribution in [3.05, 3.63) is 65.6 Å². The third-order valence-electron chi connectivity index (χ3n) is 6.06. The van der Waals surface area contributed by atoms with Gasteiger partial charge in [-0.15, -0.1) is 5.48 Å². The monoisotopic (exact) mass is 476 g/mol. The Morgan fingerprint density at radius 2 is 2.03 bits per heavy atom. The quantitative estimate of drug-likeness (QED) is 0.367. The summed E-state index contributed by atoms with van der Waals surface area (Å²) in [6.45, 7) is 6.56. The normalized spacial score (nSPS) is 20.1. The average molecular weight is 477 g/mol. The first-order chi connectivity index (χ1) is 17.0. The van der Waals surface area contributed by atoms with Crippen molar-refractivity contribution < 1.29 is 9.57 Å². The van der Waals surface area contributed by atoms with Gasteiger partial charge in [0, 0.05) is 30.9 Å². The van der Waals surface area contributed by atoms with Crippen LogP contribution in [-0.4, -0.2) is 57.9 Å². The van der Waals surface area contributed by atoms with Crippen LogP contribution in [0, 0.1) is 0 Å². The van der Waals surface area contributed by atoms with Gasteiger partial charge in [-0.05, 0) is 31.0 Å². The Kier molecular flexibility index (Phi) is 6.82. The molecule has 35 heavy (non-hydrogen) atoms. The maximum Gasteiger partial charge on any atom is 0.228 e. The van der Waals surface area contributed by atoms with Gasteiger partial charge in [0.05, 0.1) is 12.6 Å². The van der Waals surface area contributed by atoms with Crippen molar-refractivity contribution in [2.75, 3.05) is 37.3 Å². The molecule has 2 aromatic heterocycles. The molecule has 0 amide bonds. The number of ether oxygens (including phenoxy) is 1. The van der Waals surface area contributed by atoms with E-state index < -0.39 is 0 Å². The lowest BCUT2D eigenvalue weighted by Crippen LogP contribution is -2.22. The van der Waals surface area contributed by atoms with Crippen LogP contribution in [0.4, 0.5) is 17.6 Å². The zero-order valence-corrected chi connectivity index (χ0v) is 20.3. The van der Waals surface area contributed by atoms with Crippen molar-refractivity contribution in [2.24, 2.45) is 0 Å². The number of anilines is 3. The standard InChI is InChI=1S/C25H32N8O2/c1-16(2)20-12-23(31-30-20)27-22-13-24(34-18-9-10-33(3)15-18)29-25(28-22)26-14-19-11-21(32-35-19)17-7-5-4-6-8-17/h4-8,11-13,16,18,21,32H,9-10,14-15H2,1-3H3,(H3,26,27,28,29,30,31). The van der Waals surface area contributed by atoms with Crippen LogP contribution in [0.1, 0.15) is 43.5 Å². The summed E-state index contributed by atoms with van der Waals surface area (Å²) in [5, 5.41) is 13.9. The van der Waals surface area contributed by atoms with Crippen molar-refractivity contribution in [3.8, 4) is 5.88 Å². The van der Waals surface area contributed by atoms with E-state index in [1.54, 1.807) is 0 Å². The van der Waals surface area contributed by atoms with Gasteiger partial charge in [0.2, 0.25) is 11.8 Å². The molecule has 2 atom stereocenters. The second-order valence-electron chi connectivity index (χ2n) is 9.29. The zero-order chi connectivity index (χ0) is 24.2. The lowest BCUT2D eigenvalue weighted by molar-refractivity contribution is 0.116. The molecule has 2 aliphatic heterocycles. The van der Waals surface area contributed by atoms with E-state index in [0.717, 1.165) is 36.5 Å². The SMILES string of the molecule is CC(C)c1cc(Nc2cc(OC3CCN(C)C3)nc(NCC3=CC(c4ccccc4)NO3)n2)n[nH]1. The minimum atomic E-state index is 0.00925. The zero-order valence-electron chi connectivity index (χ0n) is 20.3. The molecule has 0 radical (unpaired) electrons. The minimum absolute atomic E-state index is 0.00925. The van der Waals surface area contributed by atoms with E-state index in [0.29, 0.717) is 35.9 Å². The molecule has 10 nitrogen and oxygen atoms in total. The highest BCUT2D eigenvalue weighted by Gasteiger charge is 2.23. The van der Waals surface area contributed by atoms with Crippen LogP contribution < -0.4 is 20.9 Å². The van der Waals surface area contributed by atoms with Crippen LogP contribution in [0.15, 0.2) is 54.3 Å². The Morgan fingerprint density at radius 1 is 1.17 bits per heavy atom.